The van der Waals surface area contributed by atoms with Gasteiger partial charge in [0.25, 0.3) is 5.91 Å². The molecule has 0 bridgehead atoms. The average Bonchev–Trinajstić information content (AvgIpc) is 2.53. The number of aliphatic imine (C=N–C) groups is 1. The Kier molecular flexibility index (Phi) is 1.92. The second-order valence-corrected chi connectivity index (χ2v) is 4.07. The van der Waals surface area contributed by atoms with Gasteiger partial charge in [-0.25, -0.2) is 4.99 Å². The van der Waals surface area contributed by atoms with E-state index < -0.39 is 12.1 Å². The molecule has 1 amide bonds. The van der Waals surface area contributed by atoms with Gasteiger partial charge in [-0.1, -0.05) is 17.7 Å². The summed E-state index contributed by atoms with van der Waals surface area (Å²) in [5.74, 6) is -0.0741. The molecule has 5 nitrogen and oxygen atoms in total. The molecule has 0 radical (unpaired) electrons. The van der Waals surface area contributed by atoms with Crippen molar-refractivity contribution in [3.05, 3.63) is 28.8 Å². The molecule has 2 N–H and O–H groups in total. The Morgan fingerprint density at radius 3 is 3.19 bits per heavy atom. The van der Waals surface area contributed by atoms with Crippen molar-refractivity contribution in [3.63, 3.8) is 0 Å². The SMILES string of the molecule is O=C1NC2=Nc3cccc(Cl)c3CN2C1O. The highest BCUT2D eigenvalue weighted by Crippen LogP contribution is 2.33. The van der Waals surface area contributed by atoms with E-state index in [1.807, 2.05) is 6.07 Å². The van der Waals surface area contributed by atoms with Gasteiger partial charge in [-0.2, -0.15) is 0 Å². The number of nitrogens with zero attached hydrogens (tertiary/aromatic N) is 2. The molecule has 0 spiro atoms. The molecular weight excluding hydrogens is 230 g/mol. The fourth-order valence-corrected chi connectivity index (χ4v) is 2.08. The second kappa shape index (κ2) is 3.20. The van der Waals surface area contributed by atoms with Crippen LogP contribution in [-0.4, -0.2) is 28.1 Å². The number of halogens is 1. The predicted octanol–water partition coefficient (Wildman–Crippen LogP) is 0.591. The fourth-order valence-electron chi connectivity index (χ4n) is 1.85. The Morgan fingerprint density at radius 1 is 1.56 bits per heavy atom. The van der Waals surface area contributed by atoms with Crippen LogP contribution < -0.4 is 5.32 Å². The van der Waals surface area contributed by atoms with Crippen LogP contribution in [0.15, 0.2) is 23.2 Å². The monoisotopic (exact) mass is 237 g/mol. The number of hydrogen-bond acceptors (Lipinski definition) is 4. The number of fused-ring (bicyclic) bond motifs is 2. The van der Waals surface area contributed by atoms with Gasteiger partial charge in [-0.3, -0.25) is 10.1 Å². The van der Waals surface area contributed by atoms with Crippen LogP contribution in [0.1, 0.15) is 5.56 Å². The third-order valence-electron chi connectivity index (χ3n) is 2.69. The van der Waals surface area contributed by atoms with E-state index in [4.69, 9.17) is 11.6 Å². The topological polar surface area (TPSA) is 64.9 Å². The molecule has 16 heavy (non-hydrogen) atoms. The molecule has 2 heterocycles. The van der Waals surface area contributed by atoms with Gasteiger partial charge in [0.05, 0.1) is 12.2 Å². The van der Waals surface area contributed by atoms with Crippen molar-refractivity contribution in [3.8, 4) is 0 Å². The molecule has 82 valence electrons. The smallest absolute Gasteiger partial charge is 0.276 e. The number of guanidine groups is 1. The van der Waals surface area contributed by atoms with Gasteiger partial charge in [0.1, 0.15) is 0 Å². The van der Waals surface area contributed by atoms with Crippen LogP contribution in [0.5, 0.6) is 0 Å². The number of amides is 1. The number of carbonyl (C=O) groups is 1. The summed E-state index contributed by atoms with van der Waals surface area (Å²) in [5.41, 5.74) is 1.55. The lowest BCUT2D eigenvalue weighted by Gasteiger charge is -2.25. The lowest BCUT2D eigenvalue weighted by atomic mass is 10.1. The standard InChI is InChI=1S/C10H8ClN3O2/c11-6-2-1-3-7-5(6)4-14-9(16)8(15)13-10(14)12-7/h1-3,9,16H,4H2,(H,12,13,15). The van der Waals surface area contributed by atoms with Gasteiger partial charge in [0.2, 0.25) is 12.2 Å². The van der Waals surface area contributed by atoms with Crippen LogP contribution in [0, 0.1) is 0 Å². The summed E-state index contributed by atoms with van der Waals surface area (Å²) in [6.07, 6.45) is -1.18. The predicted molar refractivity (Wildman–Crippen MR) is 58.2 cm³/mol. The first-order valence-corrected chi connectivity index (χ1v) is 5.16. The van der Waals surface area contributed by atoms with Crippen LogP contribution in [0.4, 0.5) is 5.69 Å². The molecule has 1 aromatic rings. The molecule has 0 aliphatic carbocycles. The van der Waals surface area contributed by atoms with E-state index in [9.17, 15) is 9.90 Å². The molecule has 0 saturated carbocycles. The Hall–Kier alpha value is -1.59. The molecule has 1 atom stereocenters. The van der Waals surface area contributed by atoms with Crippen molar-refractivity contribution < 1.29 is 9.90 Å². The first kappa shape index (κ1) is 9.62. The van der Waals surface area contributed by atoms with Gasteiger partial charge in [0.15, 0.2) is 0 Å². The highest BCUT2D eigenvalue weighted by atomic mass is 35.5. The van der Waals surface area contributed by atoms with Gasteiger partial charge in [-0.05, 0) is 12.1 Å². The van der Waals surface area contributed by atoms with E-state index in [1.54, 1.807) is 12.1 Å². The van der Waals surface area contributed by atoms with Crippen LogP contribution >= 0.6 is 11.6 Å². The fraction of sp³-hybridized carbons (Fsp3) is 0.200. The second-order valence-electron chi connectivity index (χ2n) is 3.66. The zero-order chi connectivity index (χ0) is 11.3. The minimum atomic E-state index is -1.18. The molecule has 6 heteroatoms. The van der Waals surface area contributed by atoms with Gasteiger partial charge < -0.3 is 10.0 Å². The van der Waals surface area contributed by atoms with Gasteiger partial charge in [0, 0.05) is 10.6 Å². The summed E-state index contributed by atoms with van der Waals surface area (Å²) in [7, 11) is 0. The number of aliphatic hydroxyl groups is 1. The molecule has 1 aromatic carbocycles. The third-order valence-corrected chi connectivity index (χ3v) is 3.04. The van der Waals surface area contributed by atoms with Crippen molar-refractivity contribution >= 4 is 29.2 Å². The van der Waals surface area contributed by atoms with Crippen LogP contribution in [0.3, 0.4) is 0 Å². The van der Waals surface area contributed by atoms with Crippen LogP contribution in [0.2, 0.25) is 5.02 Å². The molecule has 2 aliphatic rings. The largest absolute Gasteiger partial charge is 0.365 e. The first-order valence-electron chi connectivity index (χ1n) is 4.78. The summed E-state index contributed by atoms with van der Waals surface area (Å²) < 4.78 is 0. The van der Waals surface area contributed by atoms with E-state index in [0.717, 1.165) is 11.3 Å². The van der Waals surface area contributed by atoms with E-state index in [1.165, 1.54) is 4.90 Å². The highest BCUT2D eigenvalue weighted by molar-refractivity contribution is 6.31. The molecule has 1 fully saturated rings. The molecule has 0 aromatic heterocycles. The number of aliphatic hydroxyl groups excluding tert-OH is 1. The van der Waals surface area contributed by atoms with Crippen molar-refractivity contribution in [1.29, 1.82) is 0 Å². The Morgan fingerprint density at radius 2 is 2.38 bits per heavy atom. The third kappa shape index (κ3) is 1.22. The van der Waals surface area contributed by atoms with E-state index in [-0.39, 0.29) is 0 Å². The minimum absolute atomic E-state index is 0.382. The van der Waals surface area contributed by atoms with E-state index in [2.05, 4.69) is 10.3 Å². The molecule has 3 rings (SSSR count). The highest BCUT2D eigenvalue weighted by Gasteiger charge is 2.38. The maximum absolute atomic E-state index is 11.3. The molecule has 2 aliphatic heterocycles. The number of benzene rings is 1. The zero-order valence-electron chi connectivity index (χ0n) is 8.14. The summed E-state index contributed by atoms with van der Waals surface area (Å²) in [4.78, 5) is 17.0. The maximum Gasteiger partial charge on any atom is 0.276 e. The van der Waals surface area contributed by atoms with Crippen LogP contribution in [-0.2, 0) is 11.3 Å². The zero-order valence-corrected chi connectivity index (χ0v) is 8.90. The average molecular weight is 238 g/mol. The van der Waals surface area contributed by atoms with Crippen molar-refractivity contribution in [1.82, 2.24) is 10.2 Å². The summed E-state index contributed by atoms with van der Waals surface area (Å²) >= 11 is 6.03. The van der Waals surface area contributed by atoms with E-state index in [0.29, 0.717) is 17.5 Å². The molecular formula is C10H8ClN3O2. The summed E-state index contributed by atoms with van der Waals surface area (Å²) in [6, 6.07) is 5.38. The number of nitrogens with one attached hydrogen (secondary N) is 1. The number of carbonyl (C=O) groups excluding carboxylic acids is 1. The van der Waals surface area contributed by atoms with E-state index >= 15 is 0 Å². The number of rotatable bonds is 0. The number of hydrogen-bond donors (Lipinski definition) is 2. The lowest BCUT2D eigenvalue weighted by Crippen LogP contribution is -2.36. The van der Waals surface area contributed by atoms with Crippen molar-refractivity contribution in [2.24, 2.45) is 4.99 Å². The van der Waals surface area contributed by atoms with Gasteiger partial charge in [-0.15, -0.1) is 0 Å². The Labute approximate surface area is 96.3 Å². The minimum Gasteiger partial charge on any atom is -0.365 e. The lowest BCUT2D eigenvalue weighted by molar-refractivity contribution is -0.130. The van der Waals surface area contributed by atoms with Crippen molar-refractivity contribution in [2.45, 2.75) is 12.8 Å². The first-order chi connectivity index (χ1) is 7.66. The Bertz CT molecular complexity index is 515. The molecule has 1 unspecified atom stereocenters. The quantitative estimate of drug-likeness (QED) is 0.694. The molecule has 1 saturated heterocycles. The maximum atomic E-state index is 11.3. The van der Waals surface area contributed by atoms with Gasteiger partial charge >= 0.3 is 0 Å². The van der Waals surface area contributed by atoms with Crippen LogP contribution in [0.25, 0.3) is 0 Å². The summed E-state index contributed by atoms with van der Waals surface area (Å²) in [6.45, 7) is 0.383. The van der Waals surface area contributed by atoms with Crippen molar-refractivity contribution in [2.75, 3.05) is 0 Å². The summed E-state index contributed by atoms with van der Waals surface area (Å²) in [5, 5.41) is 12.7. The normalized spacial score (nSPS) is 22.4. The Balaban J connectivity index is 2.11.